The van der Waals surface area contributed by atoms with Crippen molar-refractivity contribution in [2.75, 3.05) is 18.5 Å². The van der Waals surface area contributed by atoms with Crippen molar-refractivity contribution in [1.29, 1.82) is 0 Å². The SMILES string of the molecule is C#CCCCC(=O)c1cccc2c1OCCN2. The molecule has 2 rings (SSSR count). The molecule has 0 spiro atoms. The molecule has 0 aliphatic carbocycles. The predicted octanol–water partition coefficient (Wildman–Crippen LogP) is 2.48. The van der Waals surface area contributed by atoms with Crippen LogP contribution < -0.4 is 10.1 Å². The van der Waals surface area contributed by atoms with Crippen LogP contribution in [0.3, 0.4) is 0 Å². The third-order valence-electron chi connectivity index (χ3n) is 2.70. The number of hydrogen-bond acceptors (Lipinski definition) is 3. The van der Waals surface area contributed by atoms with Crippen molar-refractivity contribution in [2.24, 2.45) is 0 Å². The molecule has 1 N–H and O–H groups in total. The molecular weight excluding hydrogens is 214 g/mol. The van der Waals surface area contributed by atoms with Crippen LogP contribution >= 0.6 is 0 Å². The van der Waals surface area contributed by atoms with Crippen LogP contribution in [-0.2, 0) is 0 Å². The monoisotopic (exact) mass is 229 g/mol. The Labute approximate surface area is 101 Å². The first-order valence-electron chi connectivity index (χ1n) is 5.79. The normalized spacial score (nSPS) is 12.9. The first-order valence-corrected chi connectivity index (χ1v) is 5.79. The van der Waals surface area contributed by atoms with Gasteiger partial charge < -0.3 is 10.1 Å². The number of ketones is 1. The summed E-state index contributed by atoms with van der Waals surface area (Å²) >= 11 is 0. The second kappa shape index (κ2) is 5.40. The number of ether oxygens (including phenoxy) is 1. The van der Waals surface area contributed by atoms with E-state index in [-0.39, 0.29) is 5.78 Å². The van der Waals surface area contributed by atoms with Gasteiger partial charge in [0.15, 0.2) is 11.5 Å². The summed E-state index contributed by atoms with van der Waals surface area (Å²) in [6, 6.07) is 5.60. The first kappa shape index (κ1) is 11.5. The third-order valence-corrected chi connectivity index (χ3v) is 2.70. The maximum atomic E-state index is 12.0. The molecule has 17 heavy (non-hydrogen) atoms. The summed E-state index contributed by atoms with van der Waals surface area (Å²) in [5.74, 6) is 3.32. The molecule has 0 saturated carbocycles. The van der Waals surface area contributed by atoms with Gasteiger partial charge in [0.05, 0.1) is 11.3 Å². The Morgan fingerprint density at radius 1 is 1.53 bits per heavy atom. The van der Waals surface area contributed by atoms with Crippen molar-refractivity contribution < 1.29 is 9.53 Å². The Balaban J connectivity index is 2.15. The molecular formula is C14H15NO2. The number of nitrogens with one attached hydrogen (secondary N) is 1. The van der Waals surface area contributed by atoms with Crippen molar-refractivity contribution in [3.05, 3.63) is 23.8 Å². The average Bonchev–Trinajstić information content (AvgIpc) is 2.38. The summed E-state index contributed by atoms with van der Waals surface area (Å²) in [7, 11) is 0. The largest absolute Gasteiger partial charge is 0.489 e. The molecule has 0 fully saturated rings. The highest BCUT2D eigenvalue weighted by atomic mass is 16.5. The van der Waals surface area contributed by atoms with Gasteiger partial charge in [-0.2, -0.15) is 0 Å². The highest BCUT2D eigenvalue weighted by molar-refractivity contribution is 6.00. The molecule has 88 valence electrons. The van der Waals surface area contributed by atoms with Crippen LogP contribution in [0.1, 0.15) is 29.6 Å². The summed E-state index contributed by atoms with van der Waals surface area (Å²) in [5.41, 5.74) is 1.56. The highest BCUT2D eigenvalue weighted by Crippen LogP contribution is 2.32. The van der Waals surface area contributed by atoms with Gasteiger partial charge in [0.25, 0.3) is 0 Å². The van der Waals surface area contributed by atoms with E-state index in [1.165, 1.54) is 0 Å². The smallest absolute Gasteiger partial charge is 0.166 e. The number of Topliss-reactive ketones (excluding diaryl/α,β-unsaturated/α-hetero) is 1. The van der Waals surface area contributed by atoms with Crippen molar-refractivity contribution in [3.8, 4) is 18.1 Å². The van der Waals surface area contributed by atoms with Gasteiger partial charge in [0, 0.05) is 19.4 Å². The van der Waals surface area contributed by atoms with E-state index < -0.39 is 0 Å². The number of fused-ring (bicyclic) bond motifs is 1. The number of anilines is 1. The van der Waals surface area contributed by atoms with E-state index in [1.54, 1.807) is 0 Å². The van der Waals surface area contributed by atoms with E-state index >= 15 is 0 Å². The van der Waals surface area contributed by atoms with Gasteiger partial charge in [-0.05, 0) is 18.6 Å². The van der Waals surface area contributed by atoms with Crippen LogP contribution in [0.2, 0.25) is 0 Å². The lowest BCUT2D eigenvalue weighted by Gasteiger charge is -2.21. The topological polar surface area (TPSA) is 38.3 Å². The lowest BCUT2D eigenvalue weighted by Crippen LogP contribution is -2.20. The molecule has 1 aromatic carbocycles. The number of unbranched alkanes of at least 4 members (excludes halogenated alkanes) is 1. The molecule has 1 aliphatic heterocycles. The van der Waals surface area contributed by atoms with Crippen molar-refractivity contribution in [3.63, 3.8) is 0 Å². The minimum atomic E-state index is 0.0980. The molecule has 0 bridgehead atoms. The van der Waals surface area contributed by atoms with Crippen molar-refractivity contribution in [2.45, 2.75) is 19.3 Å². The molecule has 1 aliphatic rings. The zero-order valence-electron chi connectivity index (χ0n) is 9.66. The highest BCUT2D eigenvalue weighted by Gasteiger charge is 2.18. The minimum Gasteiger partial charge on any atom is -0.489 e. The van der Waals surface area contributed by atoms with Gasteiger partial charge in [-0.3, -0.25) is 4.79 Å². The predicted molar refractivity (Wildman–Crippen MR) is 67.4 cm³/mol. The molecule has 1 heterocycles. The molecule has 0 saturated heterocycles. The van der Waals surface area contributed by atoms with Crippen molar-refractivity contribution in [1.82, 2.24) is 0 Å². The van der Waals surface area contributed by atoms with Crippen LogP contribution in [0.5, 0.6) is 5.75 Å². The molecule has 0 atom stereocenters. The lowest BCUT2D eigenvalue weighted by atomic mass is 10.0. The maximum absolute atomic E-state index is 12.0. The summed E-state index contributed by atoms with van der Waals surface area (Å²) in [5, 5.41) is 3.22. The number of para-hydroxylation sites is 1. The Hall–Kier alpha value is -1.95. The number of terminal acetylenes is 1. The second-order valence-corrected chi connectivity index (χ2v) is 3.94. The van der Waals surface area contributed by atoms with E-state index in [9.17, 15) is 4.79 Å². The average molecular weight is 229 g/mol. The Morgan fingerprint density at radius 3 is 3.24 bits per heavy atom. The lowest BCUT2D eigenvalue weighted by molar-refractivity contribution is 0.0976. The molecule has 0 amide bonds. The molecule has 1 aromatic rings. The standard InChI is InChI=1S/C14H15NO2/c1-2-3-4-8-13(16)11-6-5-7-12-14(11)17-10-9-15-12/h1,5-7,15H,3-4,8-10H2. The number of carbonyl (C=O) groups excluding carboxylic acids is 1. The van der Waals surface area contributed by atoms with Gasteiger partial charge >= 0.3 is 0 Å². The van der Waals surface area contributed by atoms with E-state index in [1.807, 2.05) is 18.2 Å². The molecule has 0 aromatic heterocycles. The van der Waals surface area contributed by atoms with Crippen LogP contribution in [0.4, 0.5) is 5.69 Å². The Kier molecular flexibility index (Phi) is 3.66. The summed E-state index contributed by atoms with van der Waals surface area (Å²) < 4.78 is 5.56. The summed E-state index contributed by atoms with van der Waals surface area (Å²) in [6.45, 7) is 1.38. The fourth-order valence-electron chi connectivity index (χ4n) is 1.88. The van der Waals surface area contributed by atoms with Gasteiger partial charge in [-0.15, -0.1) is 12.3 Å². The van der Waals surface area contributed by atoms with Crippen LogP contribution in [0.25, 0.3) is 0 Å². The van der Waals surface area contributed by atoms with Gasteiger partial charge in [0.2, 0.25) is 0 Å². The fourth-order valence-corrected chi connectivity index (χ4v) is 1.88. The minimum absolute atomic E-state index is 0.0980. The third kappa shape index (κ3) is 2.59. The van der Waals surface area contributed by atoms with E-state index in [4.69, 9.17) is 11.2 Å². The molecule has 0 unspecified atom stereocenters. The van der Waals surface area contributed by atoms with E-state index in [0.717, 1.165) is 18.7 Å². The first-order chi connectivity index (χ1) is 8.33. The molecule has 0 radical (unpaired) electrons. The van der Waals surface area contributed by atoms with Crippen LogP contribution in [0, 0.1) is 12.3 Å². The fraction of sp³-hybridized carbons (Fsp3) is 0.357. The molecule has 3 heteroatoms. The van der Waals surface area contributed by atoms with Crippen molar-refractivity contribution >= 4 is 11.5 Å². The van der Waals surface area contributed by atoms with Gasteiger partial charge in [-0.1, -0.05) is 6.07 Å². The number of rotatable bonds is 4. The van der Waals surface area contributed by atoms with Crippen LogP contribution in [-0.4, -0.2) is 18.9 Å². The summed E-state index contributed by atoms with van der Waals surface area (Å²) in [6.07, 6.45) is 7.01. The quantitative estimate of drug-likeness (QED) is 0.489. The van der Waals surface area contributed by atoms with E-state index in [0.29, 0.717) is 30.8 Å². The maximum Gasteiger partial charge on any atom is 0.166 e. The van der Waals surface area contributed by atoms with Crippen LogP contribution in [0.15, 0.2) is 18.2 Å². The number of hydrogen-bond donors (Lipinski definition) is 1. The van der Waals surface area contributed by atoms with E-state index in [2.05, 4.69) is 11.2 Å². The number of benzene rings is 1. The summed E-state index contributed by atoms with van der Waals surface area (Å²) in [4.78, 5) is 12.0. The zero-order chi connectivity index (χ0) is 12.1. The Bertz CT molecular complexity index is 460. The zero-order valence-corrected chi connectivity index (χ0v) is 9.66. The number of carbonyl (C=O) groups is 1. The van der Waals surface area contributed by atoms with Gasteiger partial charge in [0.1, 0.15) is 6.61 Å². The molecule has 3 nitrogen and oxygen atoms in total. The Morgan fingerprint density at radius 2 is 2.41 bits per heavy atom. The second-order valence-electron chi connectivity index (χ2n) is 3.94. The van der Waals surface area contributed by atoms with Gasteiger partial charge in [-0.25, -0.2) is 0 Å².